The zero-order chi connectivity index (χ0) is 16.6. The van der Waals surface area contributed by atoms with E-state index in [9.17, 15) is 9.59 Å². The second kappa shape index (κ2) is 6.40. The largest absolute Gasteiger partial charge is 0.466 e. The molecule has 2 heterocycles. The first-order chi connectivity index (χ1) is 11.1. The van der Waals surface area contributed by atoms with Crippen LogP contribution in [-0.4, -0.2) is 30.9 Å². The van der Waals surface area contributed by atoms with Crippen LogP contribution < -0.4 is 0 Å². The normalized spacial score (nSPS) is 29.0. The van der Waals surface area contributed by atoms with Gasteiger partial charge in [0.25, 0.3) is 0 Å². The van der Waals surface area contributed by atoms with Gasteiger partial charge >= 0.3 is 11.9 Å². The van der Waals surface area contributed by atoms with Gasteiger partial charge < -0.3 is 9.47 Å². The molecule has 2 aliphatic heterocycles. The van der Waals surface area contributed by atoms with Crippen molar-refractivity contribution in [2.75, 3.05) is 12.9 Å². The molecule has 0 aromatic heterocycles. The predicted molar refractivity (Wildman–Crippen MR) is 88.9 cm³/mol. The summed E-state index contributed by atoms with van der Waals surface area (Å²) in [5.74, 6) is -1.72. The first-order valence-electron chi connectivity index (χ1n) is 7.80. The predicted octanol–water partition coefficient (Wildman–Crippen LogP) is 3.16. The molecule has 4 rings (SSSR count). The lowest BCUT2D eigenvalue weighted by atomic mass is 9.68. The Balaban J connectivity index is 1.95. The zero-order valence-electron chi connectivity index (χ0n) is 13.4. The molecule has 0 saturated carbocycles. The number of rotatable bonds is 4. The summed E-state index contributed by atoms with van der Waals surface area (Å²) < 4.78 is 10.7. The van der Waals surface area contributed by atoms with Crippen LogP contribution in [0.4, 0.5) is 0 Å². The topological polar surface area (TPSA) is 52.6 Å². The van der Waals surface area contributed by atoms with E-state index >= 15 is 0 Å². The van der Waals surface area contributed by atoms with E-state index in [0.29, 0.717) is 6.61 Å². The van der Waals surface area contributed by atoms with Crippen LogP contribution in [0.5, 0.6) is 0 Å². The van der Waals surface area contributed by atoms with Crippen molar-refractivity contribution in [1.29, 1.82) is 0 Å². The highest BCUT2D eigenvalue weighted by Crippen LogP contribution is 2.45. The number of carbonyl (C=O) groups is 2. The minimum absolute atomic E-state index is 0.0861. The van der Waals surface area contributed by atoms with E-state index in [1.54, 1.807) is 18.7 Å². The minimum atomic E-state index is -0.552. The Morgan fingerprint density at radius 1 is 1.30 bits per heavy atom. The van der Waals surface area contributed by atoms with Gasteiger partial charge in [0.2, 0.25) is 0 Å². The lowest BCUT2D eigenvalue weighted by molar-refractivity contribution is -0.176. The van der Waals surface area contributed by atoms with Gasteiger partial charge in [0.15, 0.2) is 0 Å². The van der Waals surface area contributed by atoms with E-state index in [4.69, 9.17) is 9.47 Å². The van der Waals surface area contributed by atoms with Crippen molar-refractivity contribution in [3.8, 4) is 0 Å². The first-order valence-corrected chi connectivity index (χ1v) is 9.02. The van der Waals surface area contributed by atoms with Gasteiger partial charge in [-0.3, -0.25) is 9.59 Å². The second-order valence-electron chi connectivity index (χ2n) is 5.87. The molecule has 0 radical (unpaired) electrons. The maximum absolute atomic E-state index is 12.2. The third-order valence-corrected chi connectivity index (χ3v) is 5.34. The Kier molecular flexibility index (Phi) is 4.48. The number of thioether (sulfide) groups is 1. The van der Waals surface area contributed by atoms with Crippen molar-refractivity contribution >= 4 is 29.3 Å². The van der Waals surface area contributed by atoms with Crippen LogP contribution in [0.2, 0.25) is 0 Å². The van der Waals surface area contributed by atoms with Crippen LogP contribution in [0.3, 0.4) is 0 Å². The number of hydrogen-bond donors (Lipinski definition) is 0. The number of hydrogen-bond acceptors (Lipinski definition) is 5. The highest BCUT2D eigenvalue weighted by Gasteiger charge is 2.52. The van der Waals surface area contributed by atoms with Crippen molar-refractivity contribution in [2.45, 2.75) is 24.8 Å². The van der Waals surface area contributed by atoms with Crippen LogP contribution in [0.25, 0.3) is 5.57 Å². The highest BCUT2D eigenvalue weighted by atomic mass is 32.2. The molecule has 1 aliphatic carbocycles. The van der Waals surface area contributed by atoms with E-state index in [0.717, 1.165) is 11.1 Å². The van der Waals surface area contributed by atoms with Gasteiger partial charge in [-0.25, -0.2) is 0 Å². The molecule has 4 atom stereocenters. The number of fused-ring (bicyclic) bond motifs is 2. The van der Waals surface area contributed by atoms with Gasteiger partial charge in [-0.2, -0.15) is 0 Å². The number of carbonyl (C=O) groups excluding carboxylic acids is 2. The summed E-state index contributed by atoms with van der Waals surface area (Å²) in [7, 11) is 0. The molecule has 0 unspecified atom stereocenters. The lowest BCUT2D eigenvalue weighted by Crippen LogP contribution is -2.51. The molecule has 1 saturated heterocycles. The monoisotopic (exact) mass is 332 g/mol. The quantitative estimate of drug-likeness (QED) is 0.626. The summed E-state index contributed by atoms with van der Waals surface area (Å²) in [5, 5.41) is 0. The molecular weight excluding hydrogens is 312 g/mol. The van der Waals surface area contributed by atoms with Crippen LogP contribution >= 0.6 is 11.8 Å². The number of ether oxygens (including phenoxy) is 2. The SMILES string of the molecule is CCOC(=O)[C@@H]1[C@@H](C)[C@@H]2OC(=O)[C@H]1C=C2c1ccc(SC)cc1. The molecule has 1 fully saturated rings. The van der Waals surface area contributed by atoms with Crippen molar-refractivity contribution < 1.29 is 19.1 Å². The van der Waals surface area contributed by atoms with Crippen LogP contribution in [0.1, 0.15) is 19.4 Å². The molecule has 4 nitrogen and oxygen atoms in total. The maximum Gasteiger partial charge on any atom is 0.314 e. The summed E-state index contributed by atoms with van der Waals surface area (Å²) in [6, 6.07) is 8.19. The summed E-state index contributed by atoms with van der Waals surface area (Å²) in [5.41, 5.74) is 2.04. The van der Waals surface area contributed by atoms with Gasteiger partial charge in [-0.15, -0.1) is 11.8 Å². The van der Waals surface area contributed by atoms with Crippen molar-refractivity contribution in [1.82, 2.24) is 0 Å². The average molecular weight is 332 g/mol. The number of esters is 2. The molecule has 23 heavy (non-hydrogen) atoms. The molecule has 122 valence electrons. The molecule has 3 aliphatic rings. The van der Waals surface area contributed by atoms with Crippen LogP contribution in [0, 0.1) is 17.8 Å². The van der Waals surface area contributed by atoms with Crippen molar-refractivity contribution in [2.24, 2.45) is 17.8 Å². The van der Waals surface area contributed by atoms with Gasteiger partial charge in [0.1, 0.15) is 6.10 Å². The van der Waals surface area contributed by atoms with E-state index in [2.05, 4.69) is 12.1 Å². The highest BCUT2D eigenvalue weighted by molar-refractivity contribution is 7.98. The molecule has 1 aromatic rings. The summed E-state index contributed by atoms with van der Waals surface area (Å²) >= 11 is 1.68. The summed E-state index contributed by atoms with van der Waals surface area (Å²) in [6.45, 7) is 4.05. The van der Waals surface area contributed by atoms with Crippen molar-refractivity contribution in [3.63, 3.8) is 0 Å². The van der Waals surface area contributed by atoms with Gasteiger partial charge in [0.05, 0.1) is 18.4 Å². The second-order valence-corrected chi connectivity index (χ2v) is 6.75. The molecule has 0 amide bonds. The Labute approximate surface area is 140 Å². The fraction of sp³-hybridized carbons (Fsp3) is 0.444. The Hall–Kier alpha value is -1.75. The fourth-order valence-electron chi connectivity index (χ4n) is 3.42. The van der Waals surface area contributed by atoms with Gasteiger partial charge in [-0.1, -0.05) is 25.1 Å². The molecule has 1 aromatic carbocycles. The smallest absolute Gasteiger partial charge is 0.314 e. The zero-order valence-corrected chi connectivity index (χ0v) is 14.3. The molecule has 0 spiro atoms. The maximum atomic E-state index is 12.2. The van der Waals surface area contributed by atoms with Crippen molar-refractivity contribution in [3.05, 3.63) is 35.9 Å². The minimum Gasteiger partial charge on any atom is -0.466 e. The summed E-state index contributed by atoms with van der Waals surface area (Å²) in [4.78, 5) is 25.5. The molecule has 0 N–H and O–H groups in total. The standard InChI is InChI=1S/C18H20O4S/c1-4-21-18(20)15-10(2)16-13(9-14(15)17(19)22-16)11-5-7-12(23-3)8-6-11/h5-10,14-16H,4H2,1-3H3/t10-,14+,15-,16+/m1/s1. The molecule has 2 bridgehead atoms. The van der Waals surface area contributed by atoms with Crippen LogP contribution in [-0.2, 0) is 19.1 Å². The van der Waals surface area contributed by atoms with Crippen LogP contribution in [0.15, 0.2) is 35.2 Å². The Morgan fingerprint density at radius 3 is 2.61 bits per heavy atom. The van der Waals surface area contributed by atoms with E-state index in [-0.39, 0.29) is 24.0 Å². The Bertz CT molecular complexity index is 649. The fourth-order valence-corrected chi connectivity index (χ4v) is 3.83. The van der Waals surface area contributed by atoms with E-state index in [1.165, 1.54) is 4.90 Å². The van der Waals surface area contributed by atoms with E-state index in [1.807, 2.05) is 31.4 Å². The van der Waals surface area contributed by atoms with Gasteiger partial charge in [-0.05, 0) is 36.4 Å². The Morgan fingerprint density at radius 2 is 2.00 bits per heavy atom. The third-order valence-electron chi connectivity index (χ3n) is 4.59. The van der Waals surface area contributed by atoms with E-state index < -0.39 is 11.8 Å². The lowest BCUT2D eigenvalue weighted by Gasteiger charge is -2.43. The number of benzene rings is 1. The summed E-state index contributed by atoms with van der Waals surface area (Å²) in [6.07, 6.45) is 3.54. The molecular formula is C18H20O4S. The molecule has 5 heteroatoms. The average Bonchev–Trinajstić information content (AvgIpc) is 2.56. The van der Waals surface area contributed by atoms with Gasteiger partial charge in [0, 0.05) is 10.8 Å². The third kappa shape index (κ3) is 2.78. The first kappa shape index (κ1) is 16.1.